The van der Waals surface area contributed by atoms with Crippen LogP contribution >= 0.6 is 0 Å². The molecule has 3 fully saturated rings. The number of benzene rings is 1. The van der Waals surface area contributed by atoms with Gasteiger partial charge in [-0.3, -0.25) is 9.59 Å². The maximum Gasteiger partial charge on any atom is 0.253 e. The van der Waals surface area contributed by atoms with Crippen molar-refractivity contribution in [1.82, 2.24) is 5.32 Å². The molecule has 1 aliphatic heterocycles. The molecule has 0 bridgehead atoms. The molecule has 1 aromatic rings. The summed E-state index contributed by atoms with van der Waals surface area (Å²) in [7, 11) is 0. The van der Waals surface area contributed by atoms with Crippen molar-refractivity contribution in [2.24, 2.45) is 5.92 Å². The van der Waals surface area contributed by atoms with Crippen LogP contribution < -0.4 is 15.5 Å². The first-order chi connectivity index (χ1) is 12.2. The lowest BCUT2D eigenvalue weighted by Gasteiger charge is -2.22. The van der Waals surface area contributed by atoms with Crippen molar-refractivity contribution in [3.8, 4) is 0 Å². The van der Waals surface area contributed by atoms with Crippen LogP contribution in [0.5, 0.6) is 0 Å². The molecule has 1 heterocycles. The Morgan fingerprint density at radius 1 is 0.960 bits per heavy atom. The number of hydrogen-bond acceptors (Lipinski definition) is 3. The van der Waals surface area contributed by atoms with Crippen LogP contribution in [0.4, 0.5) is 11.4 Å². The maximum atomic E-state index is 12.7. The molecule has 1 aromatic carbocycles. The highest BCUT2D eigenvalue weighted by Crippen LogP contribution is 2.30. The Kier molecular flexibility index (Phi) is 4.64. The van der Waals surface area contributed by atoms with Crippen LogP contribution in [0.25, 0.3) is 0 Å². The molecule has 3 aliphatic rings. The van der Waals surface area contributed by atoms with E-state index in [-0.39, 0.29) is 17.7 Å². The van der Waals surface area contributed by atoms with Crippen LogP contribution in [-0.2, 0) is 4.79 Å². The standard InChI is InChI=1S/C20H27N3O2/c24-19(14-5-1-2-6-14)22-16-9-10-18(23-11-3-4-12-23)17(13-16)20(25)21-15-7-8-15/h9-10,13-15H,1-8,11-12H2,(H,21,25)(H,22,24). The summed E-state index contributed by atoms with van der Waals surface area (Å²) in [5.74, 6) is 0.211. The summed E-state index contributed by atoms with van der Waals surface area (Å²) < 4.78 is 0. The third-order valence-corrected chi connectivity index (χ3v) is 5.59. The predicted molar refractivity (Wildman–Crippen MR) is 99.0 cm³/mol. The maximum absolute atomic E-state index is 12.7. The number of nitrogens with zero attached hydrogens (tertiary/aromatic N) is 1. The molecule has 0 unspecified atom stereocenters. The van der Waals surface area contributed by atoms with Crippen LogP contribution in [0, 0.1) is 5.92 Å². The molecule has 5 heteroatoms. The Labute approximate surface area is 149 Å². The molecular weight excluding hydrogens is 314 g/mol. The van der Waals surface area contributed by atoms with Gasteiger partial charge in [0.1, 0.15) is 0 Å². The third-order valence-electron chi connectivity index (χ3n) is 5.59. The fourth-order valence-electron chi connectivity index (χ4n) is 3.95. The summed E-state index contributed by atoms with van der Waals surface area (Å²) in [6.07, 6.45) is 8.72. The van der Waals surface area contributed by atoms with Crippen LogP contribution in [0.3, 0.4) is 0 Å². The lowest BCUT2D eigenvalue weighted by Crippen LogP contribution is -2.29. The van der Waals surface area contributed by atoms with Crippen molar-refractivity contribution in [2.45, 2.75) is 57.4 Å². The zero-order valence-electron chi connectivity index (χ0n) is 14.7. The van der Waals surface area contributed by atoms with E-state index < -0.39 is 0 Å². The normalized spacial score (nSPS) is 20.7. The number of hydrogen-bond donors (Lipinski definition) is 2. The number of carbonyl (C=O) groups excluding carboxylic acids is 2. The molecule has 0 aromatic heterocycles. The minimum Gasteiger partial charge on any atom is -0.371 e. The topological polar surface area (TPSA) is 61.4 Å². The van der Waals surface area contributed by atoms with E-state index in [1.165, 1.54) is 12.8 Å². The van der Waals surface area contributed by atoms with Crippen molar-refractivity contribution in [3.05, 3.63) is 23.8 Å². The van der Waals surface area contributed by atoms with Crippen LogP contribution in [-0.4, -0.2) is 30.9 Å². The second kappa shape index (κ2) is 7.06. The molecule has 2 saturated carbocycles. The zero-order valence-corrected chi connectivity index (χ0v) is 14.7. The number of anilines is 2. The van der Waals surface area contributed by atoms with E-state index in [0.717, 1.165) is 63.0 Å². The summed E-state index contributed by atoms with van der Waals surface area (Å²) in [4.78, 5) is 27.4. The molecule has 4 rings (SSSR count). The van der Waals surface area contributed by atoms with Gasteiger partial charge in [0.2, 0.25) is 5.91 Å². The molecule has 0 spiro atoms. The number of nitrogens with one attached hydrogen (secondary N) is 2. The van der Waals surface area contributed by atoms with Gasteiger partial charge in [0.25, 0.3) is 5.91 Å². The van der Waals surface area contributed by atoms with Gasteiger partial charge in [-0.15, -0.1) is 0 Å². The van der Waals surface area contributed by atoms with Crippen molar-refractivity contribution in [2.75, 3.05) is 23.3 Å². The van der Waals surface area contributed by atoms with Gasteiger partial charge in [-0.05, 0) is 56.7 Å². The molecule has 25 heavy (non-hydrogen) atoms. The van der Waals surface area contributed by atoms with Crippen LogP contribution in [0.2, 0.25) is 0 Å². The molecule has 2 N–H and O–H groups in total. The molecule has 5 nitrogen and oxygen atoms in total. The van der Waals surface area contributed by atoms with Crippen molar-refractivity contribution < 1.29 is 9.59 Å². The highest BCUT2D eigenvalue weighted by molar-refractivity contribution is 6.02. The second-order valence-corrected chi connectivity index (χ2v) is 7.64. The fourth-order valence-corrected chi connectivity index (χ4v) is 3.95. The van der Waals surface area contributed by atoms with Gasteiger partial charge in [-0.25, -0.2) is 0 Å². The Morgan fingerprint density at radius 3 is 2.36 bits per heavy atom. The quantitative estimate of drug-likeness (QED) is 0.864. The highest BCUT2D eigenvalue weighted by Gasteiger charge is 2.27. The monoisotopic (exact) mass is 341 g/mol. The molecule has 0 atom stereocenters. The van der Waals surface area contributed by atoms with E-state index in [0.29, 0.717) is 11.6 Å². The van der Waals surface area contributed by atoms with Crippen LogP contribution in [0.15, 0.2) is 18.2 Å². The molecule has 1 saturated heterocycles. The number of amides is 2. The lowest BCUT2D eigenvalue weighted by molar-refractivity contribution is -0.119. The first kappa shape index (κ1) is 16.4. The van der Waals surface area contributed by atoms with E-state index in [4.69, 9.17) is 0 Å². The van der Waals surface area contributed by atoms with Gasteiger partial charge in [0.05, 0.1) is 5.56 Å². The smallest absolute Gasteiger partial charge is 0.253 e. The number of rotatable bonds is 5. The fraction of sp³-hybridized carbons (Fsp3) is 0.600. The summed E-state index contributed by atoms with van der Waals surface area (Å²) in [5.41, 5.74) is 2.42. The Hall–Kier alpha value is -2.04. The Balaban J connectivity index is 1.55. The highest BCUT2D eigenvalue weighted by atomic mass is 16.2. The lowest BCUT2D eigenvalue weighted by atomic mass is 10.1. The first-order valence-corrected chi connectivity index (χ1v) is 9.71. The Morgan fingerprint density at radius 2 is 1.68 bits per heavy atom. The van der Waals surface area contributed by atoms with Crippen molar-refractivity contribution in [1.29, 1.82) is 0 Å². The summed E-state index contributed by atoms with van der Waals surface area (Å²) in [5, 5.41) is 6.12. The van der Waals surface area contributed by atoms with Gasteiger partial charge < -0.3 is 15.5 Å². The van der Waals surface area contributed by atoms with Gasteiger partial charge >= 0.3 is 0 Å². The van der Waals surface area contributed by atoms with E-state index >= 15 is 0 Å². The molecule has 2 amide bonds. The SMILES string of the molecule is O=C(NC1CC1)c1cc(NC(=O)C2CCCC2)ccc1N1CCCC1. The largest absolute Gasteiger partial charge is 0.371 e. The first-order valence-electron chi connectivity index (χ1n) is 9.71. The average Bonchev–Trinajstić information content (AvgIpc) is 3.10. The third kappa shape index (κ3) is 3.80. The van der Waals surface area contributed by atoms with E-state index in [1.807, 2.05) is 18.2 Å². The van der Waals surface area contributed by atoms with Gasteiger partial charge in [-0.1, -0.05) is 12.8 Å². The van der Waals surface area contributed by atoms with Crippen molar-refractivity contribution in [3.63, 3.8) is 0 Å². The van der Waals surface area contributed by atoms with Gasteiger partial charge in [-0.2, -0.15) is 0 Å². The second-order valence-electron chi connectivity index (χ2n) is 7.64. The summed E-state index contributed by atoms with van der Waals surface area (Å²) >= 11 is 0. The van der Waals surface area contributed by atoms with Gasteiger partial charge in [0.15, 0.2) is 0 Å². The molecule has 0 radical (unpaired) electrons. The minimum atomic E-state index is -0.0126. The van der Waals surface area contributed by atoms with Crippen LogP contribution in [0.1, 0.15) is 61.7 Å². The molecule has 134 valence electrons. The predicted octanol–water partition coefficient (Wildman–Crippen LogP) is 3.31. The molecule has 2 aliphatic carbocycles. The van der Waals surface area contributed by atoms with Crippen molar-refractivity contribution >= 4 is 23.2 Å². The van der Waals surface area contributed by atoms with E-state index in [9.17, 15) is 9.59 Å². The minimum absolute atomic E-state index is 0.0126. The van der Waals surface area contributed by atoms with E-state index in [2.05, 4.69) is 15.5 Å². The molecular formula is C20H27N3O2. The Bertz CT molecular complexity index is 657. The average molecular weight is 341 g/mol. The summed E-state index contributed by atoms with van der Waals surface area (Å²) in [6.45, 7) is 2.00. The zero-order chi connectivity index (χ0) is 17.2. The number of carbonyl (C=O) groups is 2. The summed E-state index contributed by atoms with van der Waals surface area (Å²) in [6, 6.07) is 6.12. The van der Waals surface area contributed by atoms with Gasteiger partial charge in [0, 0.05) is 36.4 Å². The van der Waals surface area contributed by atoms with E-state index in [1.54, 1.807) is 0 Å².